The Balaban J connectivity index is 2.56. The van der Waals surface area contributed by atoms with Gasteiger partial charge in [-0.25, -0.2) is 4.39 Å². The summed E-state index contributed by atoms with van der Waals surface area (Å²) in [7, 11) is 0. The van der Waals surface area contributed by atoms with E-state index in [1.807, 2.05) is 0 Å². The van der Waals surface area contributed by atoms with Gasteiger partial charge in [0.05, 0.1) is 10.6 Å². The number of hydrogen-bond donors (Lipinski definition) is 1. The SMILES string of the molecule is Nc1ccc(Br)cc1C(=O)c1ccc(Br)c(Cl)c1F. The average molecular weight is 407 g/mol. The van der Waals surface area contributed by atoms with Gasteiger partial charge < -0.3 is 5.73 Å². The van der Waals surface area contributed by atoms with Crippen molar-refractivity contribution in [2.75, 3.05) is 5.73 Å². The molecule has 0 unspecified atom stereocenters. The molecular weight excluding hydrogens is 400 g/mol. The Kier molecular flexibility index (Phi) is 4.28. The Labute approximate surface area is 131 Å². The van der Waals surface area contributed by atoms with Crippen LogP contribution in [0.5, 0.6) is 0 Å². The molecule has 0 spiro atoms. The van der Waals surface area contributed by atoms with Crippen LogP contribution in [0.2, 0.25) is 5.02 Å². The van der Waals surface area contributed by atoms with Crippen LogP contribution in [-0.4, -0.2) is 5.78 Å². The summed E-state index contributed by atoms with van der Waals surface area (Å²) >= 11 is 12.1. The highest BCUT2D eigenvalue weighted by atomic mass is 79.9. The Hall–Kier alpha value is -0.910. The van der Waals surface area contributed by atoms with Gasteiger partial charge in [-0.15, -0.1) is 0 Å². The van der Waals surface area contributed by atoms with Crippen LogP contribution in [0.4, 0.5) is 10.1 Å². The van der Waals surface area contributed by atoms with Crippen molar-refractivity contribution >= 4 is 54.9 Å². The second-order valence-electron chi connectivity index (χ2n) is 3.78. The minimum atomic E-state index is -0.764. The summed E-state index contributed by atoms with van der Waals surface area (Å²) in [6.45, 7) is 0. The lowest BCUT2D eigenvalue weighted by atomic mass is 10.0. The number of carbonyl (C=O) groups is 1. The number of carbonyl (C=O) groups excluding carboxylic acids is 1. The molecule has 0 aliphatic heterocycles. The normalized spacial score (nSPS) is 10.5. The minimum Gasteiger partial charge on any atom is -0.398 e. The molecule has 0 aliphatic carbocycles. The minimum absolute atomic E-state index is 0.113. The van der Waals surface area contributed by atoms with Gasteiger partial charge in [-0.3, -0.25) is 4.79 Å². The van der Waals surface area contributed by atoms with Crippen molar-refractivity contribution in [2.45, 2.75) is 0 Å². The predicted molar refractivity (Wildman–Crippen MR) is 81.1 cm³/mol. The lowest BCUT2D eigenvalue weighted by molar-refractivity contribution is 0.103. The van der Waals surface area contributed by atoms with E-state index in [1.54, 1.807) is 18.2 Å². The lowest BCUT2D eigenvalue weighted by Gasteiger charge is -2.08. The highest BCUT2D eigenvalue weighted by Gasteiger charge is 2.19. The standard InChI is InChI=1S/C13H7Br2ClFNO/c14-6-1-4-10(18)8(5-6)13(19)7-2-3-9(15)11(16)12(7)17/h1-5H,18H2. The Morgan fingerprint density at radius 1 is 1.16 bits per heavy atom. The monoisotopic (exact) mass is 405 g/mol. The molecule has 0 radical (unpaired) electrons. The van der Waals surface area contributed by atoms with Gasteiger partial charge in [0.15, 0.2) is 11.6 Å². The van der Waals surface area contributed by atoms with E-state index in [0.717, 1.165) is 0 Å². The maximum Gasteiger partial charge on any atom is 0.198 e. The zero-order chi connectivity index (χ0) is 14.2. The molecule has 2 rings (SSSR count). The van der Waals surface area contributed by atoms with Gasteiger partial charge in [0, 0.05) is 20.2 Å². The lowest BCUT2D eigenvalue weighted by Crippen LogP contribution is -2.08. The Bertz CT molecular complexity index is 676. The number of anilines is 1. The average Bonchev–Trinajstić information content (AvgIpc) is 2.38. The van der Waals surface area contributed by atoms with Crippen LogP contribution in [0.3, 0.4) is 0 Å². The maximum absolute atomic E-state index is 14.0. The largest absolute Gasteiger partial charge is 0.398 e. The third-order valence-corrected chi connectivity index (χ3v) is 4.29. The summed E-state index contributed by atoms with van der Waals surface area (Å²) in [6.07, 6.45) is 0. The van der Waals surface area contributed by atoms with E-state index in [2.05, 4.69) is 31.9 Å². The molecule has 0 aromatic heterocycles. The first kappa shape index (κ1) is 14.5. The van der Waals surface area contributed by atoms with Crippen molar-refractivity contribution in [3.8, 4) is 0 Å². The second kappa shape index (κ2) is 5.61. The molecule has 0 aliphatic rings. The topological polar surface area (TPSA) is 43.1 Å². The summed E-state index contributed by atoms with van der Waals surface area (Å²) in [6, 6.07) is 7.72. The van der Waals surface area contributed by atoms with E-state index < -0.39 is 11.6 Å². The summed E-state index contributed by atoms with van der Waals surface area (Å²) in [5.74, 6) is -1.27. The van der Waals surface area contributed by atoms with Gasteiger partial charge in [0.25, 0.3) is 0 Å². The van der Waals surface area contributed by atoms with Crippen molar-refractivity contribution in [1.29, 1.82) is 0 Å². The molecule has 2 aromatic carbocycles. The molecule has 0 saturated heterocycles. The van der Waals surface area contributed by atoms with Gasteiger partial charge in [-0.05, 0) is 46.3 Å². The van der Waals surface area contributed by atoms with Crippen LogP contribution in [0.1, 0.15) is 15.9 Å². The number of nitrogen functional groups attached to an aromatic ring is 1. The molecule has 2 aromatic rings. The van der Waals surface area contributed by atoms with E-state index in [0.29, 0.717) is 8.95 Å². The number of hydrogen-bond acceptors (Lipinski definition) is 2. The molecule has 0 amide bonds. The van der Waals surface area contributed by atoms with Crippen molar-refractivity contribution in [1.82, 2.24) is 0 Å². The molecule has 6 heteroatoms. The van der Waals surface area contributed by atoms with Crippen LogP contribution in [0, 0.1) is 5.82 Å². The number of benzene rings is 2. The molecule has 0 fully saturated rings. The van der Waals surface area contributed by atoms with Crippen LogP contribution in [-0.2, 0) is 0 Å². The van der Waals surface area contributed by atoms with Crippen molar-refractivity contribution in [2.24, 2.45) is 0 Å². The number of nitrogens with two attached hydrogens (primary N) is 1. The molecule has 19 heavy (non-hydrogen) atoms. The molecule has 0 atom stereocenters. The third-order valence-electron chi connectivity index (χ3n) is 2.54. The van der Waals surface area contributed by atoms with E-state index in [1.165, 1.54) is 12.1 Å². The van der Waals surface area contributed by atoms with E-state index in [4.69, 9.17) is 17.3 Å². The van der Waals surface area contributed by atoms with Gasteiger partial charge in [-0.2, -0.15) is 0 Å². The highest BCUT2D eigenvalue weighted by Crippen LogP contribution is 2.30. The highest BCUT2D eigenvalue weighted by molar-refractivity contribution is 9.10. The first-order valence-electron chi connectivity index (χ1n) is 5.15. The first-order valence-corrected chi connectivity index (χ1v) is 7.11. The number of halogens is 4. The quantitative estimate of drug-likeness (QED) is 0.441. The van der Waals surface area contributed by atoms with Gasteiger partial charge >= 0.3 is 0 Å². The second-order valence-corrected chi connectivity index (χ2v) is 5.93. The van der Waals surface area contributed by atoms with E-state index >= 15 is 0 Å². The summed E-state index contributed by atoms with van der Waals surface area (Å²) in [5, 5.41) is -0.126. The fraction of sp³-hybridized carbons (Fsp3) is 0. The fourth-order valence-corrected chi connectivity index (χ4v) is 2.40. The summed E-state index contributed by atoms with van der Waals surface area (Å²) < 4.78 is 15.1. The van der Waals surface area contributed by atoms with E-state index in [-0.39, 0.29) is 21.8 Å². The van der Waals surface area contributed by atoms with Gasteiger partial charge in [0.1, 0.15) is 0 Å². The van der Waals surface area contributed by atoms with Crippen LogP contribution < -0.4 is 5.73 Å². The predicted octanol–water partition coefficient (Wildman–Crippen LogP) is 4.82. The van der Waals surface area contributed by atoms with Gasteiger partial charge in [0.2, 0.25) is 0 Å². The van der Waals surface area contributed by atoms with Crippen LogP contribution in [0.15, 0.2) is 39.3 Å². The van der Waals surface area contributed by atoms with Crippen LogP contribution >= 0.6 is 43.5 Å². The molecule has 0 saturated carbocycles. The zero-order valence-electron chi connectivity index (χ0n) is 9.38. The fourth-order valence-electron chi connectivity index (χ4n) is 1.57. The molecule has 98 valence electrons. The van der Waals surface area contributed by atoms with Crippen molar-refractivity contribution < 1.29 is 9.18 Å². The number of ketones is 1. The maximum atomic E-state index is 14.0. The molecule has 2 N–H and O–H groups in total. The van der Waals surface area contributed by atoms with Crippen molar-refractivity contribution in [3.05, 3.63) is 61.2 Å². The molecule has 0 heterocycles. The Morgan fingerprint density at radius 3 is 2.53 bits per heavy atom. The number of rotatable bonds is 2. The molecular formula is C13H7Br2ClFNO. The van der Waals surface area contributed by atoms with Crippen LogP contribution in [0.25, 0.3) is 0 Å². The summed E-state index contributed by atoms with van der Waals surface area (Å²) in [5.41, 5.74) is 6.14. The van der Waals surface area contributed by atoms with Crippen molar-refractivity contribution in [3.63, 3.8) is 0 Å². The molecule has 2 nitrogen and oxygen atoms in total. The third kappa shape index (κ3) is 2.83. The summed E-state index contributed by atoms with van der Waals surface area (Å²) in [4.78, 5) is 12.3. The van der Waals surface area contributed by atoms with E-state index in [9.17, 15) is 9.18 Å². The molecule has 0 bridgehead atoms. The zero-order valence-corrected chi connectivity index (χ0v) is 13.3. The first-order chi connectivity index (χ1) is 8.91. The Morgan fingerprint density at radius 2 is 1.84 bits per heavy atom. The van der Waals surface area contributed by atoms with Gasteiger partial charge in [-0.1, -0.05) is 27.5 Å². The smallest absolute Gasteiger partial charge is 0.198 e.